The number of hydrogen-bond acceptors (Lipinski definition) is 5. The molecule has 0 aromatic rings. The first-order chi connectivity index (χ1) is 12.5. The predicted octanol–water partition coefficient (Wildman–Crippen LogP) is 2.40. The third-order valence-electron chi connectivity index (χ3n) is 7.78. The highest BCUT2D eigenvalue weighted by Gasteiger charge is 2.76. The van der Waals surface area contributed by atoms with E-state index in [4.69, 9.17) is 9.47 Å². The summed E-state index contributed by atoms with van der Waals surface area (Å²) in [6.07, 6.45) is 8.58. The van der Waals surface area contributed by atoms with Crippen LogP contribution in [0, 0.1) is 17.3 Å². The molecule has 2 saturated heterocycles. The molecule has 6 unspecified atom stereocenters. The van der Waals surface area contributed by atoms with Crippen LogP contribution in [0.2, 0.25) is 0 Å². The molecule has 5 rings (SSSR count). The predicted molar refractivity (Wildman–Crippen MR) is 96.2 cm³/mol. The molecule has 5 nitrogen and oxygen atoms in total. The third kappa shape index (κ3) is 1.86. The Labute approximate surface area is 155 Å². The molecule has 5 heteroatoms. The van der Waals surface area contributed by atoms with Crippen molar-refractivity contribution in [2.45, 2.75) is 63.2 Å². The zero-order chi connectivity index (χ0) is 18.1. The van der Waals surface area contributed by atoms with Crippen LogP contribution in [0.1, 0.15) is 45.4 Å². The van der Waals surface area contributed by atoms with Crippen LogP contribution < -0.4 is 0 Å². The maximum absolute atomic E-state index is 12.8. The minimum atomic E-state index is -0.846. The lowest BCUT2D eigenvalue weighted by molar-refractivity contribution is -0.240. The van der Waals surface area contributed by atoms with Crippen molar-refractivity contribution in [1.29, 1.82) is 0 Å². The Hall–Kier alpha value is -1.33. The fourth-order valence-electron chi connectivity index (χ4n) is 6.58. The van der Waals surface area contributed by atoms with Gasteiger partial charge in [-0.25, -0.2) is 0 Å². The average Bonchev–Trinajstić information content (AvgIpc) is 2.98. The van der Waals surface area contributed by atoms with Crippen molar-refractivity contribution < 1.29 is 19.4 Å². The summed E-state index contributed by atoms with van der Waals surface area (Å²) in [4.78, 5) is 15.2. The van der Waals surface area contributed by atoms with Gasteiger partial charge < -0.3 is 19.5 Å². The maximum Gasteiger partial charge on any atom is 0.174 e. The van der Waals surface area contributed by atoms with Crippen molar-refractivity contribution in [3.8, 4) is 0 Å². The Morgan fingerprint density at radius 2 is 2.27 bits per heavy atom. The number of Topliss-reactive ketones (excluding diaryl/α,β-unsaturated/α-hetero) is 1. The first-order valence-corrected chi connectivity index (χ1v) is 10.2. The second-order valence-corrected chi connectivity index (χ2v) is 8.84. The zero-order valence-electron chi connectivity index (χ0n) is 15.7. The Balaban J connectivity index is 1.62. The second kappa shape index (κ2) is 5.59. The fourth-order valence-corrected chi connectivity index (χ4v) is 6.58. The zero-order valence-corrected chi connectivity index (χ0v) is 15.7. The standard InChI is InChI=1S/C21H29NO4/c1-3-4-11-25-15-6-5-13-12-16-21(24)8-7-14(23)19-20(21,9-10-22(16)2)17(13)18(15)26-19/h5-6,13,16-17,19,24H,3-4,7-12H2,1-2H3. The van der Waals surface area contributed by atoms with Crippen LogP contribution in [0.5, 0.6) is 0 Å². The van der Waals surface area contributed by atoms with Gasteiger partial charge in [0, 0.05) is 18.4 Å². The minimum absolute atomic E-state index is 0.0772. The van der Waals surface area contributed by atoms with Crippen molar-refractivity contribution in [2.24, 2.45) is 17.3 Å². The number of hydrogen-bond donors (Lipinski definition) is 1. The molecule has 4 fully saturated rings. The maximum atomic E-state index is 12.8. The molecule has 2 saturated carbocycles. The largest absolute Gasteiger partial charge is 0.490 e. The van der Waals surface area contributed by atoms with E-state index in [-0.39, 0.29) is 17.7 Å². The highest BCUT2D eigenvalue weighted by Crippen LogP contribution is 2.69. The first kappa shape index (κ1) is 16.8. The van der Waals surface area contributed by atoms with Crippen LogP contribution in [-0.4, -0.2) is 53.7 Å². The number of aliphatic hydroxyl groups is 1. The minimum Gasteiger partial charge on any atom is -0.490 e. The van der Waals surface area contributed by atoms with E-state index in [1.807, 2.05) is 6.08 Å². The van der Waals surface area contributed by atoms with Gasteiger partial charge in [0.05, 0.1) is 17.6 Å². The molecule has 5 aliphatic rings. The molecule has 2 heterocycles. The molecule has 1 spiro atoms. The van der Waals surface area contributed by atoms with Gasteiger partial charge in [-0.05, 0) is 51.3 Å². The van der Waals surface area contributed by atoms with E-state index in [1.54, 1.807) is 0 Å². The molecule has 0 amide bonds. The molecule has 0 aromatic heterocycles. The quantitative estimate of drug-likeness (QED) is 0.781. The SMILES string of the molecule is CCCCOC1=C2OC3C(=O)CCC4(O)C5CC(C=C1)C2C34CCN5C. The van der Waals surface area contributed by atoms with E-state index in [0.717, 1.165) is 43.7 Å². The third-order valence-corrected chi connectivity index (χ3v) is 7.78. The number of rotatable bonds is 4. The van der Waals surface area contributed by atoms with Crippen LogP contribution in [0.3, 0.4) is 0 Å². The van der Waals surface area contributed by atoms with Gasteiger partial charge in [0.15, 0.2) is 17.6 Å². The summed E-state index contributed by atoms with van der Waals surface area (Å²) >= 11 is 0. The Morgan fingerprint density at radius 1 is 1.42 bits per heavy atom. The fraction of sp³-hybridized carbons (Fsp3) is 0.762. The molecular formula is C21H29NO4. The number of ketones is 1. The summed E-state index contributed by atoms with van der Waals surface area (Å²) in [6, 6.07) is 0.100. The molecular weight excluding hydrogens is 330 g/mol. The van der Waals surface area contributed by atoms with E-state index in [2.05, 4.69) is 24.9 Å². The summed E-state index contributed by atoms with van der Waals surface area (Å²) < 4.78 is 12.4. The number of ether oxygens (including phenoxy) is 2. The van der Waals surface area contributed by atoms with Crippen LogP contribution >= 0.6 is 0 Å². The number of likely N-dealkylation sites (tertiary alicyclic amines) is 1. The normalized spacial score (nSPS) is 46.2. The molecule has 3 aliphatic carbocycles. The van der Waals surface area contributed by atoms with Gasteiger partial charge in [0.2, 0.25) is 0 Å². The number of piperidine rings is 1. The van der Waals surface area contributed by atoms with Crippen molar-refractivity contribution in [3.63, 3.8) is 0 Å². The van der Waals surface area contributed by atoms with Crippen molar-refractivity contribution in [1.82, 2.24) is 4.90 Å². The van der Waals surface area contributed by atoms with E-state index in [9.17, 15) is 9.90 Å². The van der Waals surface area contributed by atoms with Crippen LogP contribution in [0.4, 0.5) is 0 Å². The highest BCUT2D eigenvalue weighted by molar-refractivity contribution is 5.87. The lowest BCUT2D eigenvalue weighted by atomic mass is 9.44. The summed E-state index contributed by atoms with van der Waals surface area (Å²) in [5, 5.41) is 11.9. The number of carbonyl (C=O) groups excluding carboxylic acids is 1. The van der Waals surface area contributed by atoms with Crippen molar-refractivity contribution >= 4 is 5.78 Å². The van der Waals surface area contributed by atoms with E-state index >= 15 is 0 Å². The van der Waals surface area contributed by atoms with Gasteiger partial charge in [-0.1, -0.05) is 19.4 Å². The average molecular weight is 359 g/mol. The lowest BCUT2D eigenvalue weighted by Crippen LogP contribution is -2.76. The molecule has 2 aliphatic heterocycles. The molecule has 26 heavy (non-hydrogen) atoms. The molecule has 6 atom stereocenters. The highest BCUT2D eigenvalue weighted by atomic mass is 16.5. The number of nitrogens with zero attached hydrogens (tertiary/aromatic N) is 1. The Bertz CT molecular complexity index is 700. The molecule has 142 valence electrons. The number of allylic oxidation sites excluding steroid dienone is 3. The van der Waals surface area contributed by atoms with Gasteiger partial charge in [0.1, 0.15) is 5.76 Å². The lowest BCUT2D eigenvalue weighted by Gasteiger charge is -2.65. The van der Waals surface area contributed by atoms with Crippen molar-refractivity contribution in [2.75, 3.05) is 20.2 Å². The molecule has 0 radical (unpaired) electrons. The van der Waals surface area contributed by atoms with Crippen LogP contribution in [-0.2, 0) is 14.3 Å². The Morgan fingerprint density at radius 3 is 3.08 bits per heavy atom. The summed E-state index contributed by atoms with van der Waals surface area (Å²) in [5.74, 6) is 2.18. The number of carbonyl (C=O) groups is 1. The smallest absolute Gasteiger partial charge is 0.174 e. The number of unbranched alkanes of at least 4 members (excludes halogenated alkanes) is 1. The van der Waals surface area contributed by atoms with Crippen molar-refractivity contribution in [3.05, 3.63) is 23.7 Å². The molecule has 2 bridgehead atoms. The first-order valence-electron chi connectivity index (χ1n) is 10.2. The van der Waals surface area contributed by atoms with E-state index in [0.29, 0.717) is 25.4 Å². The topological polar surface area (TPSA) is 59.0 Å². The van der Waals surface area contributed by atoms with Gasteiger partial charge in [-0.2, -0.15) is 0 Å². The summed E-state index contributed by atoms with van der Waals surface area (Å²) in [7, 11) is 2.11. The van der Waals surface area contributed by atoms with E-state index in [1.165, 1.54) is 0 Å². The van der Waals surface area contributed by atoms with Crippen LogP contribution in [0.15, 0.2) is 23.7 Å². The van der Waals surface area contributed by atoms with Crippen LogP contribution in [0.25, 0.3) is 0 Å². The molecule has 0 aromatic carbocycles. The van der Waals surface area contributed by atoms with Gasteiger partial charge >= 0.3 is 0 Å². The monoisotopic (exact) mass is 359 g/mol. The molecule has 1 N–H and O–H groups in total. The van der Waals surface area contributed by atoms with E-state index < -0.39 is 17.1 Å². The summed E-state index contributed by atoms with van der Waals surface area (Å²) in [6.45, 7) is 3.72. The number of likely N-dealkylation sites (N-methyl/N-ethyl adjacent to an activating group) is 1. The summed E-state index contributed by atoms with van der Waals surface area (Å²) in [5.41, 5.74) is -1.33. The van der Waals surface area contributed by atoms with Gasteiger partial charge in [-0.3, -0.25) is 4.79 Å². The second-order valence-electron chi connectivity index (χ2n) is 8.84. The van der Waals surface area contributed by atoms with Gasteiger partial charge in [0.25, 0.3) is 0 Å². The van der Waals surface area contributed by atoms with Gasteiger partial charge in [-0.15, -0.1) is 0 Å². The Kier molecular flexibility index (Phi) is 3.61.